The van der Waals surface area contributed by atoms with Crippen molar-refractivity contribution < 1.29 is 4.79 Å². The zero-order chi connectivity index (χ0) is 14.1. The Morgan fingerprint density at radius 1 is 1.20 bits per heavy atom. The summed E-state index contributed by atoms with van der Waals surface area (Å²) in [6.07, 6.45) is 4.59. The molecule has 0 aliphatic heterocycles. The Morgan fingerprint density at radius 2 is 1.90 bits per heavy atom. The maximum Gasteiger partial charge on any atom is 0.155 e. The number of hydrogen-bond acceptors (Lipinski definition) is 3. The smallest absolute Gasteiger partial charge is 0.155 e. The highest BCUT2D eigenvalue weighted by atomic mass is 35.5. The van der Waals surface area contributed by atoms with Gasteiger partial charge in [-0.1, -0.05) is 42.3 Å². The quantitative estimate of drug-likeness (QED) is 0.628. The standard InChI is InChI=1S/C16H15ClN2O/c1-10-18-15(14(9-20)16(17)19-10)13-7-5-12(6-8-13)11-3-2-4-11/h5-9,11H,2-4H2,1H3. The third-order valence-corrected chi connectivity index (χ3v) is 4.18. The van der Waals surface area contributed by atoms with Crippen molar-refractivity contribution in [3.63, 3.8) is 0 Å². The van der Waals surface area contributed by atoms with Crippen LogP contribution in [0.1, 0.15) is 46.9 Å². The Kier molecular flexibility index (Phi) is 3.53. The van der Waals surface area contributed by atoms with E-state index in [-0.39, 0.29) is 5.15 Å². The van der Waals surface area contributed by atoms with Gasteiger partial charge in [-0.2, -0.15) is 0 Å². The van der Waals surface area contributed by atoms with Crippen LogP contribution in [0, 0.1) is 6.92 Å². The molecule has 0 bridgehead atoms. The largest absolute Gasteiger partial charge is 0.298 e. The van der Waals surface area contributed by atoms with Gasteiger partial charge in [0, 0.05) is 5.56 Å². The van der Waals surface area contributed by atoms with Gasteiger partial charge in [0.1, 0.15) is 11.0 Å². The number of carbonyl (C=O) groups is 1. The highest BCUT2D eigenvalue weighted by Gasteiger charge is 2.19. The minimum Gasteiger partial charge on any atom is -0.298 e. The monoisotopic (exact) mass is 286 g/mol. The second-order valence-electron chi connectivity index (χ2n) is 5.19. The van der Waals surface area contributed by atoms with Crippen molar-refractivity contribution in [2.75, 3.05) is 0 Å². The molecule has 3 nitrogen and oxygen atoms in total. The lowest BCUT2D eigenvalue weighted by Gasteiger charge is -2.25. The van der Waals surface area contributed by atoms with Crippen molar-refractivity contribution in [1.82, 2.24) is 9.97 Å². The molecule has 0 amide bonds. The van der Waals surface area contributed by atoms with Crippen molar-refractivity contribution in [3.8, 4) is 11.3 Å². The lowest BCUT2D eigenvalue weighted by molar-refractivity contribution is 0.112. The molecule has 102 valence electrons. The molecule has 1 aliphatic rings. The van der Waals surface area contributed by atoms with Gasteiger partial charge in [0.25, 0.3) is 0 Å². The fourth-order valence-corrected chi connectivity index (χ4v) is 2.78. The minimum absolute atomic E-state index is 0.213. The normalized spacial score (nSPS) is 14.9. The van der Waals surface area contributed by atoms with Crippen LogP contribution in [0.3, 0.4) is 0 Å². The molecule has 0 radical (unpaired) electrons. The second kappa shape index (κ2) is 5.33. The summed E-state index contributed by atoms with van der Waals surface area (Å²) in [5.41, 5.74) is 3.23. The van der Waals surface area contributed by atoms with E-state index in [2.05, 4.69) is 22.1 Å². The topological polar surface area (TPSA) is 42.9 Å². The van der Waals surface area contributed by atoms with Crippen molar-refractivity contribution in [2.24, 2.45) is 0 Å². The summed E-state index contributed by atoms with van der Waals surface area (Å²) < 4.78 is 0. The van der Waals surface area contributed by atoms with E-state index >= 15 is 0 Å². The van der Waals surface area contributed by atoms with E-state index < -0.39 is 0 Å². The van der Waals surface area contributed by atoms with Crippen LogP contribution in [0.15, 0.2) is 24.3 Å². The number of aldehydes is 1. The van der Waals surface area contributed by atoms with E-state index in [1.807, 2.05) is 12.1 Å². The van der Waals surface area contributed by atoms with Gasteiger partial charge in [0.15, 0.2) is 6.29 Å². The molecular weight excluding hydrogens is 272 g/mol. The summed E-state index contributed by atoms with van der Waals surface area (Å²) in [6.45, 7) is 1.77. The van der Waals surface area contributed by atoms with Gasteiger partial charge in [0.2, 0.25) is 0 Å². The van der Waals surface area contributed by atoms with E-state index in [0.717, 1.165) is 11.8 Å². The van der Waals surface area contributed by atoms with Crippen molar-refractivity contribution >= 4 is 17.9 Å². The first-order valence-electron chi connectivity index (χ1n) is 6.78. The molecule has 1 saturated carbocycles. The molecule has 1 heterocycles. The molecule has 0 spiro atoms. The zero-order valence-corrected chi connectivity index (χ0v) is 12.0. The Morgan fingerprint density at radius 3 is 2.45 bits per heavy atom. The lowest BCUT2D eigenvalue weighted by atomic mass is 9.80. The fourth-order valence-electron chi connectivity index (χ4n) is 2.53. The first kappa shape index (κ1) is 13.3. The van der Waals surface area contributed by atoms with E-state index in [4.69, 9.17) is 11.6 Å². The maximum atomic E-state index is 11.2. The van der Waals surface area contributed by atoms with Crippen LogP contribution in [-0.4, -0.2) is 16.3 Å². The van der Waals surface area contributed by atoms with Gasteiger partial charge in [-0.3, -0.25) is 4.79 Å². The van der Waals surface area contributed by atoms with Crippen molar-refractivity contribution in [2.45, 2.75) is 32.1 Å². The van der Waals surface area contributed by atoms with Gasteiger partial charge in [-0.25, -0.2) is 9.97 Å². The number of hydrogen-bond donors (Lipinski definition) is 0. The Hall–Kier alpha value is -1.74. The highest BCUT2D eigenvalue weighted by molar-refractivity contribution is 6.32. The second-order valence-corrected chi connectivity index (χ2v) is 5.55. The summed E-state index contributed by atoms with van der Waals surface area (Å²) in [6, 6.07) is 8.27. The molecule has 2 aromatic rings. The minimum atomic E-state index is 0.213. The molecule has 1 aliphatic carbocycles. The molecule has 3 rings (SSSR count). The van der Waals surface area contributed by atoms with Crippen LogP contribution in [-0.2, 0) is 0 Å². The molecule has 4 heteroatoms. The van der Waals surface area contributed by atoms with E-state index in [1.54, 1.807) is 6.92 Å². The molecule has 1 aromatic carbocycles. The fraction of sp³-hybridized carbons (Fsp3) is 0.312. The molecule has 1 fully saturated rings. The summed E-state index contributed by atoms with van der Waals surface area (Å²) in [5, 5.41) is 0.213. The molecule has 20 heavy (non-hydrogen) atoms. The third kappa shape index (κ3) is 2.34. The molecule has 0 unspecified atom stereocenters. The van der Waals surface area contributed by atoms with Crippen LogP contribution in [0.5, 0.6) is 0 Å². The first-order valence-corrected chi connectivity index (χ1v) is 7.16. The molecular formula is C16H15ClN2O. The van der Waals surface area contributed by atoms with Crippen LogP contribution >= 0.6 is 11.6 Å². The molecule has 0 atom stereocenters. The van der Waals surface area contributed by atoms with Gasteiger partial charge in [-0.15, -0.1) is 0 Å². The Bertz CT molecular complexity index is 648. The summed E-state index contributed by atoms with van der Waals surface area (Å²) in [7, 11) is 0. The molecule has 0 N–H and O–H groups in total. The van der Waals surface area contributed by atoms with Gasteiger partial charge < -0.3 is 0 Å². The molecule has 0 saturated heterocycles. The predicted octanol–water partition coefficient (Wildman–Crippen LogP) is 4.19. The average molecular weight is 287 g/mol. The number of nitrogens with zero attached hydrogens (tertiary/aromatic N) is 2. The highest BCUT2D eigenvalue weighted by Crippen LogP contribution is 2.37. The number of halogens is 1. The van der Waals surface area contributed by atoms with Gasteiger partial charge in [0.05, 0.1) is 11.3 Å². The number of aromatic nitrogens is 2. The van der Waals surface area contributed by atoms with Crippen LogP contribution in [0.2, 0.25) is 5.15 Å². The van der Waals surface area contributed by atoms with E-state index in [1.165, 1.54) is 24.8 Å². The number of rotatable bonds is 3. The Labute approximate surface area is 123 Å². The summed E-state index contributed by atoms with van der Waals surface area (Å²) in [5.74, 6) is 1.27. The summed E-state index contributed by atoms with van der Waals surface area (Å²) in [4.78, 5) is 19.6. The lowest BCUT2D eigenvalue weighted by Crippen LogP contribution is -2.08. The van der Waals surface area contributed by atoms with Crippen LogP contribution in [0.4, 0.5) is 0 Å². The summed E-state index contributed by atoms with van der Waals surface area (Å²) >= 11 is 6.02. The number of aryl methyl sites for hydroxylation is 1. The SMILES string of the molecule is Cc1nc(Cl)c(C=O)c(-c2ccc(C3CCC3)cc2)n1. The van der Waals surface area contributed by atoms with Crippen LogP contribution < -0.4 is 0 Å². The zero-order valence-electron chi connectivity index (χ0n) is 11.3. The van der Waals surface area contributed by atoms with E-state index in [9.17, 15) is 4.79 Å². The average Bonchev–Trinajstić information content (AvgIpc) is 2.37. The predicted molar refractivity (Wildman–Crippen MR) is 79.2 cm³/mol. The van der Waals surface area contributed by atoms with Crippen molar-refractivity contribution in [3.05, 3.63) is 46.4 Å². The third-order valence-electron chi connectivity index (χ3n) is 3.89. The first-order chi connectivity index (χ1) is 9.69. The van der Waals surface area contributed by atoms with Crippen molar-refractivity contribution in [1.29, 1.82) is 0 Å². The number of benzene rings is 1. The van der Waals surface area contributed by atoms with E-state index in [0.29, 0.717) is 23.0 Å². The Balaban J connectivity index is 2.01. The number of carbonyl (C=O) groups excluding carboxylic acids is 1. The van der Waals surface area contributed by atoms with Gasteiger partial charge in [-0.05, 0) is 31.2 Å². The van der Waals surface area contributed by atoms with Crippen LogP contribution in [0.25, 0.3) is 11.3 Å². The molecule has 1 aromatic heterocycles. The van der Waals surface area contributed by atoms with Gasteiger partial charge >= 0.3 is 0 Å². The maximum absolute atomic E-state index is 11.2.